The number of epoxide rings is 1. The van der Waals surface area contributed by atoms with Crippen LogP contribution in [0.25, 0.3) is 0 Å². The third kappa shape index (κ3) is 1.95. The van der Waals surface area contributed by atoms with E-state index in [2.05, 4.69) is 9.80 Å². The van der Waals surface area contributed by atoms with Gasteiger partial charge in [-0.2, -0.15) is 0 Å². The van der Waals surface area contributed by atoms with Crippen molar-refractivity contribution >= 4 is 0 Å². The summed E-state index contributed by atoms with van der Waals surface area (Å²) < 4.78 is 5.28. The maximum absolute atomic E-state index is 5.28. The molecule has 0 radical (unpaired) electrons. The van der Waals surface area contributed by atoms with E-state index in [1.165, 1.54) is 52.0 Å². The second-order valence-corrected chi connectivity index (χ2v) is 4.90. The summed E-state index contributed by atoms with van der Waals surface area (Å²) in [6.07, 6.45) is 4.80. The minimum atomic E-state index is 0.576. The average molecular weight is 196 g/mol. The molecule has 0 aromatic rings. The average Bonchev–Trinajstić information content (AvgIpc) is 2.71. The number of hydrogen-bond donors (Lipinski definition) is 0. The van der Waals surface area contributed by atoms with Crippen molar-refractivity contribution in [1.29, 1.82) is 0 Å². The molecular formula is C11H20N2O. The van der Waals surface area contributed by atoms with E-state index in [4.69, 9.17) is 4.74 Å². The first-order valence-corrected chi connectivity index (χ1v) is 6.00. The summed E-state index contributed by atoms with van der Waals surface area (Å²) in [4.78, 5) is 5.27. The second-order valence-electron chi connectivity index (χ2n) is 4.90. The maximum Gasteiger partial charge on any atom is 0.0936 e. The molecule has 0 N–H and O–H groups in total. The standard InChI is InChI=1S/C11H20N2O/c1-2-5-13(4-1)10-3-6-12(7-10)8-11-9-14-11/h10-11H,1-9H2. The van der Waals surface area contributed by atoms with Gasteiger partial charge in [0.05, 0.1) is 12.7 Å². The van der Waals surface area contributed by atoms with Gasteiger partial charge in [-0.25, -0.2) is 0 Å². The van der Waals surface area contributed by atoms with Crippen LogP contribution >= 0.6 is 0 Å². The summed E-state index contributed by atoms with van der Waals surface area (Å²) in [6, 6.07) is 0.858. The smallest absolute Gasteiger partial charge is 0.0936 e. The van der Waals surface area contributed by atoms with Gasteiger partial charge in [-0.3, -0.25) is 9.80 Å². The topological polar surface area (TPSA) is 19.0 Å². The fraction of sp³-hybridized carbons (Fsp3) is 1.00. The molecule has 0 spiro atoms. The maximum atomic E-state index is 5.28. The van der Waals surface area contributed by atoms with Crippen molar-refractivity contribution in [1.82, 2.24) is 9.80 Å². The van der Waals surface area contributed by atoms with Crippen molar-refractivity contribution in [3.05, 3.63) is 0 Å². The number of nitrogens with zero attached hydrogens (tertiary/aromatic N) is 2. The molecule has 3 aliphatic heterocycles. The minimum Gasteiger partial charge on any atom is -0.372 e. The van der Waals surface area contributed by atoms with Gasteiger partial charge < -0.3 is 4.74 Å². The Morgan fingerprint density at radius 1 is 1.14 bits per heavy atom. The van der Waals surface area contributed by atoms with Crippen LogP contribution in [0.1, 0.15) is 19.3 Å². The summed E-state index contributed by atoms with van der Waals surface area (Å²) in [5.41, 5.74) is 0. The van der Waals surface area contributed by atoms with Gasteiger partial charge in [-0.1, -0.05) is 0 Å². The van der Waals surface area contributed by atoms with Crippen molar-refractivity contribution in [3.63, 3.8) is 0 Å². The molecule has 0 aromatic carbocycles. The van der Waals surface area contributed by atoms with Crippen molar-refractivity contribution in [3.8, 4) is 0 Å². The van der Waals surface area contributed by atoms with Crippen molar-refractivity contribution in [2.75, 3.05) is 39.3 Å². The first-order chi connectivity index (χ1) is 6.92. The normalized spacial score (nSPS) is 39.4. The molecule has 14 heavy (non-hydrogen) atoms. The van der Waals surface area contributed by atoms with E-state index >= 15 is 0 Å². The van der Waals surface area contributed by atoms with Gasteiger partial charge in [-0.15, -0.1) is 0 Å². The minimum absolute atomic E-state index is 0.576. The van der Waals surface area contributed by atoms with Gasteiger partial charge in [0, 0.05) is 19.1 Å². The number of ether oxygens (including phenoxy) is 1. The largest absolute Gasteiger partial charge is 0.372 e. The van der Waals surface area contributed by atoms with E-state index in [9.17, 15) is 0 Å². The molecule has 3 nitrogen and oxygen atoms in total. The molecule has 0 bridgehead atoms. The number of likely N-dealkylation sites (tertiary alicyclic amines) is 2. The van der Waals surface area contributed by atoms with Crippen LogP contribution in [0, 0.1) is 0 Å². The molecule has 3 aliphatic rings. The van der Waals surface area contributed by atoms with Crippen LogP contribution in [0.2, 0.25) is 0 Å². The molecule has 3 fully saturated rings. The van der Waals surface area contributed by atoms with Gasteiger partial charge in [0.2, 0.25) is 0 Å². The highest BCUT2D eigenvalue weighted by Crippen LogP contribution is 2.22. The molecule has 0 aromatic heterocycles. The zero-order valence-corrected chi connectivity index (χ0v) is 8.82. The monoisotopic (exact) mass is 196 g/mol. The van der Waals surface area contributed by atoms with Crippen LogP contribution in [0.3, 0.4) is 0 Å². The summed E-state index contributed by atoms with van der Waals surface area (Å²) in [6.45, 7) is 7.47. The molecule has 0 amide bonds. The quantitative estimate of drug-likeness (QED) is 0.615. The van der Waals surface area contributed by atoms with Crippen LogP contribution in [0.5, 0.6) is 0 Å². The van der Waals surface area contributed by atoms with E-state index < -0.39 is 0 Å². The lowest BCUT2D eigenvalue weighted by molar-refractivity contribution is 0.224. The van der Waals surface area contributed by atoms with Crippen LogP contribution < -0.4 is 0 Å². The van der Waals surface area contributed by atoms with Crippen LogP contribution in [0.15, 0.2) is 0 Å². The van der Waals surface area contributed by atoms with Crippen LogP contribution in [-0.2, 0) is 4.74 Å². The molecule has 3 heterocycles. The predicted octanol–water partition coefficient (Wildman–Crippen LogP) is 0.555. The fourth-order valence-electron chi connectivity index (χ4n) is 2.84. The van der Waals surface area contributed by atoms with Crippen molar-refractivity contribution < 1.29 is 4.74 Å². The molecule has 2 unspecified atom stereocenters. The zero-order chi connectivity index (χ0) is 9.38. The first kappa shape index (κ1) is 9.13. The summed E-state index contributed by atoms with van der Waals surface area (Å²) in [5, 5.41) is 0. The third-order valence-corrected chi connectivity index (χ3v) is 3.77. The second kappa shape index (κ2) is 3.80. The summed E-state index contributed by atoms with van der Waals surface area (Å²) in [7, 11) is 0. The Kier molecular flexibility index (Phi) is 2.48. The highest BCUT2D eigenvalue weighted by molar-refractivity contribution is 4.87. The first-order valence-electron chi connectivity index (χ1n) is 6.00. The predicted molar refractivity (Wildman–Crippen MR) is 55.4 cm³/mol. The molecule has 0 aliphatic carbocycles. The van der Waals surface area contributed by atoms with E-state index in [1.807, 2.05) is 0 Å². The molecular weight excluding hydrogens is 176 g/mol. The lowest BCUT2D eigenvalue weighted by atomic mass is 10.2. The molecule has 2 atom stereocenters. The Morgan fingerprint density at radius 3 is 2.64 bits per heavy atom. The highest BCUT2D eigenvalue weighted by Gasteiger charge is 2.32. The Balaban J connectivity index is 1.47. The number of hydrogen-bond acceptors (Lipinski definition) is 3. The molecule has 3 rings (SSSR count). The molecule has 3 saturated heterocycles. The van der Waals surface area contributed by atoms with E-state index in [0.717, 1.165) is 12.6 Å². The fourth-order valence-corrected chi connectivity index (χ4v) is 2.84. The SMILES string of the molecule is C1CCN(C2CCN(CC3CO3)C2)C1. The van der Waals surface area contributed by atoms with Crippen molar-refractivity contribution in [2.24, 2.45) is 0 Å². The highest BCUT2D eigenvalue weighted by atomic mass is 16.6. The van der Waals surface area contributed by atoms with Crippen LogP contribution in [-0.4, -0.2) is 61.3 Å². The zero-order valence-electron chi connectivity index (χ0n) is 8.82. The molecule has 3 heteroatoms. The number of rotatable bonds is 3. The molecule has 80 valence electrons. The van der Waals surface area contributed by atoms with Gasteiger partial charge >= 0.3 is 0 Å². The van der Waals surface area contributed by atoms with Gasteiger partial charge in [-0.05, 0) is 38.9 Å². The Labute approximate surface area is 86.0 Å². The van der Waals surface area contributed by atoms with Gasteiger partial charge in [0.15, 0.2) is 0 Å². The lowest BCUT2D eigenvalue weighted by Crippen LogP contribution is -2.36. The Hall–Kier alpha value is -0.120. The molecule has 0 saturated carbocycles. The Morgan fingerprint density at radius 2 is 1.93 bits per heavy atom. The van der Waals surface area contributed by atoms with Crippen molar-refractivity contribution in [2.45, 2.75) is 31.4 Å². The Bertz CT molecular complexity index is 199. The summed E-state index contributed by atoms with van der Waals surface area (Å²) >= 11 is 0. The van der Waals surface area contributed by atoms with E-state index in [1.54, 1.807) is 0 Å². The van der Waals surface area contributed by atoms with E-state index in [0.29, 0.717) is 6.10 Å². The van der Waals surface area contributed by atoms with Gasteiger partial charge in [0.1, 0.15) is 0 Å². The summed E-state index contributed by atoms with van der Waals surface area (Å²) in [5.74, 6) is 0. The third-order valence-electron chi connectivity index (χ3n) is 3.77. The van der Waals surface area contributed by atoms with Gasteiger partial charge in [0.25, 0.3) is 0 Å². The lowest BCUT2D eigenvalue weighted by Gasteiger charge is -2.23. The van der Waals surface area contributed by atoms with E-state index in [-0.39, 0.29) is 0 Å². The van der Waals surface area contributed by atoms with Crippen LogP contribution in [0.4, 0.5) is 0 Å².